The fourth-order valence-electron chi connectivity index (χ4n) is 3.22. The summed E-state index contributed by atoms with van der Waals surface area (Å²) >= 11 is 0. The Kier molecular flexibility index (Phi) is 6.28. The fraction of sp³-hybridized carbons (Fsp3) is 0.556. The maximum atomic E-state index is 13.2. The zero-order valence-electron chi connectivity index (χ0n) is 14.7. The molecule has 5 nitrogen and oxygen atoms in total. The van der Waals surface area contributed by atoms with Crippen molar-refractivity contribution >= 4 is 11.9 Å². The topological polar surface area (TPSA) is 69.6 Å². The summed E-state index contributed by atoms with van der Waals surface area (Å²) in [6, 6.07) is 3.04. The number of carboxylic acids is 1. The smallest absolute Gasteiger partial charge is 0.416 e. The molecule has 0 spiro atoms. The molecule has 0 radical (unpaired) electrons. The first-order valence-corrected chi connectivity index (χ1v) is 8.54. The van der Waals surface area contributed by atoms with E-state index in [9.17, 15) is 27.9 Å². The van der Waals surface area contributed by atoms with Gasteiger partial charge in [-0.1, -0.05) is 18.2 Å². The highest BCUT2D eigenvalue weighted by Gasteiger charge is 2.38. The van der Waals surface area contributed by atoms with E-state index in [0.29, 0.717) is 32.0 Å². The minimum atomic E-state index is -4.70. The van der Waals surface area contributed by atoms with E-state index in [-0.39, 0.29) is 0 Å². The standard InChI is InChI=1S/C18H23F3N2O3/c1-11(2)23-9-7-12(8-10-23)16(24)22-15(17(25)26)13-5-3-4-6-14(13)18(19,20)21/h3-6,11-12,15H,7-10H2,1-2H3,(H,22,24)(H,25,26)/t15-/m1/s1. The van der Waals surface area contributed by atoms with Crippen molar-refractivity contribution < 1.29 is 27.9 Å². The Morgan fingerprint density at radius 2 is 1.77 bits per heavy atom. The van der Waals surface area contributed by atoms with Crippen LogP contribution >= 0.6 is 0 Å². The van der Waals surface area contributed by atoms with Gasteiger partial charge in [0.1, 0.15) is 0 Å². The van der Waals surface area contributed by atoms with E-state index >= 15 is 0 Å². The Hall–Kier alpha value is -2.09. The second-order valence-electron chi connectivity index (χ2n) is 6.77. The van der Waals surface area contributed by atoms with Crippen LogP contribution in [0.4, 0.5) is 13.2 Å². The molecule has 1 heterocycles. The van der Waals surface area contributed by atoms with Gasteiger partial charge in [0.25, 0.3) is 0 Å². The van der Waals surface area contributed by atoms with Gasteiger partial charge in [0.05, 0.1) is 5.56 Å². The number of carbonyl (C=O) groups is 2. The van der Waals surface area contributed by atoms with Crippen molar-refractivity contribution in [1.82, 2.24) is 10.2 Å². The van der Waals surface area contributed by atoms with E-state index in [0.717, 1.165) is 12.1 Å². The van der Waals surface area contributed by atoms with Crippen LogP contribution in [0, 0.1) is 5.92 Å². The quantitative estimate of drug-likeness (QED) is 0.834. The van der Waals surface area contributed by atoms with Crippen LogP contribution in [0.5, 0.6) is 0 Å². The van der Waals surface area contributed by atoms with Crippen molar-refractivity contribution in [2.24, 2.45) is 5.92 Å². The molecule has 2 N–H and O–H groups in total. The minimum absolute atomic E-state index is 0.351. The summed E-state index contributed by atoms with van der Waals surface area (Å²) in [6.45, 7) is 5.50. The van der Waals surface area contributed by atoms with Crippen molar-refractivity contribution in [1.29, 1.82) is 0 Å². The molecule has 0 aliphatic carbocycles. The number of benzene rings is 1. The van der Waals surface area contributed by atoms with Crippen molar-refractivity contribution in [3.63, 3.8) is 0 Å². The van der Waals surface area contributed by atoms with Gasteiger partial charge in [-0.15, -0.1) is 0 Å². The molecule has 2 rings (SSSR count). The number of aliphatic carboxylic acids is 1. The lowest BCUT2D eigenvalue weighted by atomic mass is 9.93. The zero-order chi connectivity index (χ0) is 19.5. The Morgan fingerprint density at radius 3 is 2.27 bits per heavy atom. The van der Waals surface area contributed by atoms with Gasteiger partial charge >= 0.3 is 12.1 Å². The second kappa shape index (κ2) is 8.07. The number of carboxylic acid groups (broad SMARTS) is 1. The molecule has 1 aromatic carbocycles. The molecule has 1 aromatic rings. The van der Waals surface area contributed by atoms with Crippen LogP contribution < -0.4 is 5.32 Å². The molecule has 0 bridgehead atoms. The molecule has 0 saturated carbocycles. The number of rotatable bonds is 5. The molecule has 1 amide bonds. The molecule has 1 saturated heterocycles. The van der Waals surface area contributed by atoms with Gasteiger partial charge in [-0.25, -0.2) is 4.79 Å². The normalized spacial score (nSPS) is 17.9. The average molecular weight is 372 g/mol. The molecule has 144 valence electrons. The van der Waals surface area contributed by atoms with E-state index < -0.39 is 41.1 Å². The molecule has 1 atom stereocenters. The van der Waals surface area contributed by atoms with Crippen LogP contribution in [-0.2, 0) is 15.8 Å². The van der Waals surface area contributed by atoms with Gasteiger partial charge in [0, 0.05) is 12.0 Å². The molecule has 0 aromatic heterocycles. The number of hydrogen-bond acceptors (Lipinski definition) is 3. The maximum Gasteiger partial charge on any atom is 0.416 e. The largest absolute Gasteiger partial charge is 0.479 e. The summed E-state index contributed by atoms with van der Waals surface area (Å²) in [7, 11) is 0. The van der Waals surface area contributed by atoms with E-state index in [1.165, 1.54) is 12.1 Å². The van der Waals surface area contributed by atoms with Crippen LogP contribution in [0.2, 0.25) is 0 Å². The van der Waals surface area contributed by atoms with Crippen molar-refractivity contribution in [3.8, 4) is 0 Å². The lowest BCUT2D eigenvalue weighted by Gasteiger charge is -2.34. The third-order valence-electron chi connectivity index (χ3n) is 4.74. The number of amides is 1. The van der Waals surface area contributed by atoms with Gasteiger partial charge in [-0.05, 0) is 51.4 Å². The predicted molar refractivity (Wildman–Crippen MR) is 89.4 cm³/mol. The Labute approximate surface area is 150 Å². The van der Waals surface area contributed by atoms with Crippen molar-refractivity contribution in [2.45, 2.75) is 44.9 Å². The zero-order valence-corrected chi connectivity index (χ0v) is 14.7. The maximum absolute atomic E-state index is 13.2. The van der Waals surface area contributed by atoms with Gasteiger partial charge < -0.3 is 15.3 Å². The number of piperidine rings is 1. The Balaban J connectivity index is 2.15. The number of alkyl halides is 3. The summed E-state index contributed by atoms with van der Waals surface area (Å²) in [5.74, 6) is -2.43. The Morgan fingerprint density at radius 1 is 1.19 bits per heavy atom. The molecule has 26 heavy (non-hydrogen) atoms. The fourth-order valence-corrected chi connectivity index (χ4v) is 3.22. The molecule has 0 unspecified atom stereocenters. The molecular weight excluding hydrogens is 349 g/mol. The third-order valence-corrected chi connectivity index (χ3v) is 4.74. The third kappa shape index (κ3) is 4.75. The number of carbonyl (C=O) groups excluding carboxylic acids is 1. The summed E-state index contributed by atoms with van der Waals surface area (Å²) in [6.07, 6.45) is -3.59. The van der Waals surface area contributed by atoms with Crippen LogP contribution in [0.3, 0.4) is 0 Å². The highest BCUT2D eigenvalue weighted by molar-refractivity contribution is 5.86. The monoisotopic (exact) mass is 372 g/mol. The highest BCUT2D eigenvalue weighted by atomic mass is 19.4. The number of nitrogens with zero attached hydrogens (tertiary/aromatic N) is 1. The summed E-state index contributed by atoms with van der Waals surface area (Å²) < 4.78 is 39.5. The van der Waals surface area contributed by atoms with Crippen LogP contribution in [0.15, 0.2) is 24.3 Å². The molecule has 1 aliphatic heterocycles. The first-order chi connectivity index (χ1) is 12.1. The van der Waals surface area contributed by atoms with E-state index in [2.05, 4.69) is 24.1 Å². The summed E-state index contributed by atoms with van der Waals surface area (Å²) in [4.78, 5) is 26.2. The van der Waals surface area contributed by atoms with Gasteiger partial charge in [0.15, 0.2) is 6.04 Å². The lowest BCUT2D eigenvalue weighted by molar-refractivity contribution is -0.145. The molecule has 1 fully saturated rings. The van der Waals surface area contributed by atoms with Gasteiger partial charge in [0.2, 0.25) is 5.91 Å². The van der Waals surface area contributed by atoms with E-state index in [4.69, 9.17) is 0 Å². The number of likely N-dealkylation sites (tertiary alicyclic amines) is 1. The average Bonchev–Trinajstić information content (AvgIpc) is 2.58. The first-order valence-electron chi connectivity index (χ1n) is 8.54. The first kappa shape index (κ1) is 20.2. The second-order valence-corrected chi connectivity index (χ2v) is 6.77. The Bertz CT molecular complexity index is 653. The van der Waals surface area contributed by atoms with Crippen molar-refractivity contribution in [2.75, 3.05) is 13.1 Å². The summed E-state index contributed by atoms with van der Waals surface area (Å²) in [5.41, 5.74) is -1.51. The number of hydrogen-bond donors (Lipinski definition) is 2. The van der Waals surface area contributed by atoms with E-state index in [1.807, 2.05) is 0 Å². The lowest BCUT2D eigenvalue weighted by Crippen LogP contribution is -2.45. The van der Waals surface area contributed by atoms with Gasteiger partial charge in [-0.3, -0.25) is 4.79 Å². The van der Waals surface area contributed by atoms with Crippen LogP contribution in [0.25, 0.3) is 0 Å². The van der Waals surface area contributed by atoms with Crippen LogP contribution in [-0.4, -0.2) is 41.0 Å². The minimum Gasteiger partial charge on any atom is -0.479 e. The highest BCUT2D eigenvalue weighted by Crippen LogP contribution is 2.35. The summed E-state index contributed by atoms with van der Waals surface area (Å²) in [5, 5.41) is 11.7. The molecule has 1 aliphatic rings. The van der Waals surface area contributed by atoms with Crippen LogP contribution in [0.1, 0.15) is 43.9 Å². The van der Waals surface area contributed by atoms with E-state index in [1.54, 1.807) is 0 Å². The SMILES string of the molecule is CC(C)N1CCC(C(=O)N[C@@H](C(=O)O)c2ccccc2C(F)(F)F)CC1. The van der Waals surface area contributed by atoms with Gasteiger partial charge in [-0.2, -0.15) is 13.2 Å². The van der Waals surface area contributed by atoms with Crippen molar-refractivity contribution in [3.05, 3.63) is 35.4 Å². The predicted octanol–water partition coefficient (Wildman–Crippen LogP) is 3.07. The molecular formula is C18H23F3N2O3. The number of nitrogens with one attached hydrogen (secondary N) is 1. The number of halogens is 3. The molecule has 8 heteroatoms.